The summed E-state index contributed by atoms with van der Waals surface area (Å²) in [6, 6.07) is 11.5. The summed E-state index contributed by atoms with van der Waals surface area (Å²) in [5.74, 6) is 0. The highest BCUT2D eigenvalue weighted by Gasteiger charge is 2.14. The summed E-state index contributed by atoms with van der Waals surface area (Å²) >= 11 is 21.8. The van der Waals surface area contributed by atoms with E-state index in [2.05, 4.69) is 28.2 Å². The Labute approximate surface area is 142 Å². The van der Waals surface area contributed by atoms with E-state index in [1.165, 1.54) is 0 Å². The van der Waals surface area contributed by atoms with Gasteiger partial charge in [-0.15, -0.1) is 0 Å². The van der Waals surface area contributed by atoms with E-state index in [0.717, 1.165) is 27.2 Å². The third-order valence-corrected chi connectivity index (χ3v) is 4.31. The van der Waals surface area contributed by atoms with Crippen LogP contribution in [-0.2, 0) is 0 Å². The second-order valence-electron chi connectivity index (χ2n) is 4.40. The van der Waals surface area contributed by atoms with Crippen LogP contribution < -0.4 is 5.32 Å². The number of nitrogens with one attached hydrogen (secondary N) is 1. The lowest BCUT2D eigenvalue weighted by Crippen LogP contribution is -2.10. The molecule has 0 aliphatic rings. The topological polar surface area (TPSA) is 12.0 Å². The average molecular weight is 394 g/mol. The maximum atomic E-state index is 6.25. The summed E-state index contributed by atoms with van der Waals surface area (Å²) in [6.07, 6.45) is 0.907. The highest BCUT2D eigenvalue weighted by atomic mass is 79.9. The van der Waals surface area contributed by atoms with Crippen molar-refractivity contribution >= 4 is 56.4 Å². The van der Waals surface area contributed by atoms with Gasteiger partial charge in [-0.1, -0.05) is 69.8 Å². The van der Waals surface area contributed by atoms with Crippen molar-refractivity contribution in [3.05, 3.63) is 61.5 Å². The summed E-state index contributed by atoms with van der Waals surface area (Å²) in [7, 11) is 0. The fourth-order valence-corrected chi connectivity index (χ4v) is 3.41. The lowest BCUT2D eigenvalue weighted by Gasteiger charge is -2.21. The molecular formula is C15H13BrCl3N. The zero-order valence-electron chi connectivity index (χ0n) is 10.8. The third-order valence-electron chi connectivity index (χ3n) is 3.01. The van der Waals surface area contributed by atoms with Crippen molar-refractivity contribution < 1.29 is 0 Å². The minimum atomic E-state index is 0.128. The molecule has 0 saturated heterocycles. The molecule has 0 spiro atoms. The molecule has 0 aromatic heterocycles. The zero-order chi connectivity index (χ0) is 14.7. The molecule has 0 heterocycles. The number of rotatable bonds is 4. The van der Waals surface area contributed by atoms with Crippen LogP contribution in [0.3, 0.4) is 0 Å². The Morgan fingerprint density at radius 2 is 1.60 bits per heavy atom. The number of halogens is 4. The SMILES string of the molecule is CCC(Nc1c(Cl)cc(Br)cc1Cl)c1ccc(Cl)cc1. The third kappa shape index (κ3) is 3.82. The highest BCUT2D eigenvalue weighted by Crippen LogP contribution is 2.36. The maximum Gasteiger partial charge on any atom is 0.0724 e. The molecule has 20 heavy (non-hydrogen) atoms. The Morgan fingerprint density at radius 1 is 1.05 bits per heavy atom. The van der Waals surface area contributed by atoms with Gasteiger partial charge in [0.2, 0.25) is 0 Å². The number of hydrogen-bond donors (Lipinski definition) is 1. The summed E-state index contributed by atoms with van der Waals surface area (Å²) < 4.78 is 0.859. The molecule has 0 radical (unpaired) electrons. The van der Waals surface area contributed by atoms with Crippen LogP contribution in [0.2, 0.25) is 15.1 Å². The van der Waals surface area contributed by atoms with E-state index in [-0.39, 0.29) is 6.04 Å². The first-order chi connectivity index (χ1) is 9.51. The Hall–Kier alpha value is -0.410. The van der Waals surface area contributed by atoms with Crippen LogP contribution in [0.5, 0.6) is 0 Å². The zero-order valence-corrected chi connectivity index (χ0v) is 14.6. The van der Waals surface area contributed by atoms with Gasteiger partial charge in [-0.2, -0.15) is 0 Å². The van der Waals surface area contributed by atoms with Crippen LogP contribution >= 0.6 is 50.7 Å². The average Bonchev–Trinajstić information content (AvgIpc) is 2.39. The van der Waals surface area contributed by atoms with Gasteiger partial charge in [0.25, 0.3) is 0 Å². The standard InChI is InChI=1S/C15H13BrCl3N/c1-2-14(9-3-5-11(17)6-4-9)20-15-12(18)7-10(16)8-13(15)19/h3-8,14,20H,2H2,1H3. The summed E-state index contributed by atoms with van der Waals surface area (Å²) in [5, 5.41) is 5.31. The molecule has 2 aromatic rings. The van der Waals surface area contributed by atoms with Gasteiger partial charge in [0.1, 0.15) is 0 Å². The van der Waals surface area contributed by atoms with Gasteiger partial charge in [-0.3, -0.25) is 0 Å². The molecular weight excluding hydrogens is 380 g/mol. The van der Waals surface area contributed by atoms with Gasteiger partial charge < -0.3 is 5.32 Å². The first-order valence-corrected chi connectivity index (χ1v) is 8.10. The van der Waals surface area contributed by atoms with Gasteiger partial charge in [-0.05, 0) is 36.2 Å². The van der Waals surface area contributed by atoms with E-state index in [0.29, 0.717) is 10.0 Å². The van der Waals surface area contributed by atoms with Crippen LogP contribution in [0.25, 0.3) is 0 Å². The van der Waals surface area contributed by atoms with Gasteiger partial charge >= 0.3 is 0 Å². The fourth-order valence-electron chi connectivity index (χ4n) is 1.97. The van der Waals surface area contributed by atoms with Crippen molar-refractivity contribution in [2.24, 2.45) is 0 Å². The Kier molecular flexibility index (Phi) is 5.62. The van der Waals surface area contributed by atoms with Crippen LogP contribution in [0.4, 0.5) is 5.69 Å². The van der Waals surface area contributed by atoms with Crippen LogP contribution in [-0.4, -0.2) is 0 Å². The summed E-state index contributed by atoms with van der Waals surface area (Å²) in [4.78, 5) is 0. The predicted octanol–water partition coefficient (Wildman–Crippen LogP) is 6.97. The minimum absolute atomic E-state index is 0.128. The van der Waals surface area contributed by atoms with Crippen molar-refractivity contribution in [3.8, 4) is 0 Å². The Morgan fingerprint density at radius 3 is 2.10 bits per heavy atom. The fraction of sp³-hybridized carbons (Fsp3) is 0.200. The van der Waals surface area contributed by atoms with Crippen molar-refractivity contribution in [1.82, 2.24) is 0 Å². The Balaban J connectivity index is 2.29. The van der Waals surface area contributed by atoms with E-state index in [1.807, 2.05) is 36.4 Å². The smallest absolute Gasteiger partial charge is 0.0724 e. The maximum absolute atomic E-state index is 6.25. The van der Waals surface area contributed by atoms with Gasteiger partial charge in [0.05, 0.1) is 21.8 Å². The van der Waals surface area contributed by atoms with Crippen molar-refractivity contribution in [2.45, 2.75) is 19.4 Å². The van der Waals surface area contributed by atoms with Crippen molar-refractivity contribution in [1.29, 1.82) is 0 Å². The molecule has 0 fully saturated rings. The van der Waals surface area contributed by atoms with Gasteiger partial charge in [0, 0.05) is 9.50 Å². The normalized spacial score (nSPS) is 12.2. The number of benzene rings is 2. The van der Waals surface area contributed by atoms with Crippen molar-refractivity contribution in [2.75, 3.05) is 5.32 Å². The molecule has 2 rings (SSSR count). The molecule has 2 aromatic carbocycles. The van der Waals surface area contributed by atoms with E-state index < -0.39 is 0 Å². The molecule has 1 unspecified atom stereocenters. The summed E-state index contributed by atoms with van der Waals surface area (Å²) in [6.45, 7) is 2.10. The molecule has 5 heteroatoms. The van der Waals surface area contributed by atoms with E-state index in [9.17, 15) is 0 Å². The predicted molar refractivity (Wildman–Crippen MR) is 92.3 cm³/mol. The van der Waals surface area contributed by atoms with Gasteiger partial charge in [-0.25, -0.2) is 0 Å². The van der Waals surface area contributed by atoms with E-state index in [1.54, 1.807) is 0 Å². The molecule has 0 aliphatic heterocycles. The molecule has 0 amide bonds. The second kappa shape index (κ2) is 7.04. The second-order valence-corrected chi connectivity index (χ2v) is 6.57. The molecule has 1 N–H and O–H groups in total. The molecule has 0 saturated carbocycles. The lowest BCUT2D eigenvalue weighted by molar-refractivity contribution is 0.749. The van der Waals surface area contributed by atoms with Crippen LogP contribution in [0.15, 0.2) is 40.9 Å². The summed E-state index contributed by atoms with van der Waals surface area (Å²) in [5.41, 5.74) is 1.89. The largest absolute Gasteiger partial charge is 0.376 e. The molecule has 106 valence electrons. The van der Waals surface area contributed by atoms with E-state index >= 15 is 0 Å². The quantitative estimate of drug-likeness (QED) is 0.591. The Bertz CT molecular complexity index is 576. The van der Waals surface area contributed by atoms with Crippen LogP contribution in [0, 0.1) is 0 Å². The highest BCUT2D eigenvalue weighted by molar-refractivity contribution is 9.10. The van der Waals surface area contributed by atoms with Crippen LogP contribution in [0.1, 0.15) is 24.9 Å². The van der Waals surface area contributed by atoms with Gasteiger partial charge in [0.15, 0.2) is 0 Å². The molecule has 0 bridgehead atoms. The first-order valence-electron chi connectivity index (χ1n) is 6.17. The molecule has 1 nitrogen and oxygen atoms in total. The van der Waals surface area contributed by atoms with Crippen molar-refractivity contribution in [3.63, 3.8) is 0 Å². The lowest BCUT2D eigenvalue weighted by atomic mass is 10.0. The molecule has 0 aliphatic carbocycles. The number of hydrogen-bond acceptors (Lipinski definition) is 1. The minimum Gasteiger partial charge on any atom is -0.376 e. The number of anilines is 1. The van der Waals surface area contributed by atoms with E-state index in [4.69, 9.17) is 34.8 Å². The molecule has 1 atom stereocenters. The monoisotopic (exact) mass is 391 g/mol. The first kappa shape index (κ1) is 16.0.